The molecular formula is C20H29N5O2. The summed E-state index contributed by atoms with van der Waals surface area (Å²) in [4.78, 5) is 11.4. The lowest BCUT2D eigenvalue weighted by atomic mass is 9.73. The Bertz CT molecular complexity index is 746. The standard InChI is InChI=1S/C20H29N5O2/c21-18-23-9-13-2-8-26-19(17(13)24-18)4-6-25(7-5-19)11-14-15-10-22-12-20(15)3-1-16(14)27-20/h9,14-16,22H,1-8,10-12H2,(H2,21,23,24)/t14-,15-,16-,20-/m1/s1. The third-order valence-electron chi connectivity index (χ3n) is 7.89. The molecule has 5 aliphatic heterocycles. The number of ether oxygens (including phenoxy) is 2. The topological polar surface area (TPSA) is 85.5 Å². The number of hydrogen-bond acceptors (Lipinski definition) is 7. The van der Waals surface area contributed by atoms with Crippen LogP contribution in [0.15, 0.2) is 6.20 Å². The monoisotopic (exact) mass is 371 g/mol. The van der Waals surface area contributed by atoms with Crippen molar-refractivity contribution in [3.8, 4) is 0 Å². The lowest BCUT2D eigenvalue weighted by molar-refractivity contribution is -0.103. The molecule has 1 aromatic heterocycles. The Hall–Kier alpha value is -1.28. The first-order chi connectivity index (χ1) is 13.2. The molecule has 5 aliphatic rings. The van der Waals surface area contributed by atoms with Gasteiger partial charge in [0.05, 0.1) is 24.0 Å². The molecule has 4 atom stereocenters. The molecule has 0 saturated carbocycles. The van der Waals surface area contributed by atoms with Crippen LogP contribution in [0.2, 0.25) is 0 Å². The minimum atomic E-state index is -0.261. The number of hydrogen-bond donors (Lipinski definition) is 2. The van der Waals surface area contributed by atoms with E-state index in [1.54, 1.807) is 0 Å². The summed E-state index contributed by atoms with van der Waals surface area (Å²) in [5, 5.41) is 3.58. The van der Waals surface area contributed by atoms with Crippen LogP contribution in [0.25, 0.3) is 0 Å². The Labute approximate surface area is 160 Å². The zero-order valence-corrected chi connectivity index (χ0v) is 15.8. The highest BCUT2D eigenvalue weighted by atomic mass is 16.5. The number of aromatic nitrogens is 2. The van der Waals surface area contributed by atoms with Gasteiger partial charge in [-0.25, -0.2) is 9.97 Å². The Morgan fingerprint density at radius 2 is 2.19 bits per heavy atom. The molecule has 0 unspecified atom stereocenters. The van der Waals surface area contributed by atoms with E-state index < -0.39 is 0 Å². The molecule has 6 rings (SSSR count). The van der Waals surface area contributed by atoms with Crippen molar-refractivity contribution in [3.05, 3.63) is 17.5 Å². The van der Waals surface area contributed by atoms with Crippen molar-refractivity contribution in [3.63, 3.8) is 0 Å². The summed E-state index contributed by atoms with van der Waals surface area (Å²) in [5.74, 6) is 1.74. The van der Waals surface area contributed by atoms with Gasteiger partial charge >= 0.3 is 0 Å². The molecule has 4 fully saturated rings. The largest absolute Gasteiger partial charge is 0.370 e. The molecular weight excluding hydrogens is 342 g/mol. The Balaban J connectivity index is 1.17. The van der Waals surface area contributed by atoms with Crippen LogP contribution >= 0.6 is 0 Å². The summed E-state index contributed by atoms with van der Waals surface area (Å²) in [6.07, 6.45) is 7.73. The highest BCUT2D eigenvalue weighted by molar-refractivity contribution is 5.32. The van der Waals surface area contributed by atoms with E-state index >= 15 is 0 Å². The molecule has 0 amide bonds. The smallest absolute Gasteiger partial charge is 0.220 e. The van der Waals surface area contributed by atoms with Gasteiger partial charge in [0, 0.05) is 50.8 Å². The first kappa shape index (κ1) is 16.7. The van der Waals surface area contributed by atoms with Gasteiger partial charge in [0.2, 0.25) is 5.95 Å². The molecule has 0 radical (unpaired) electrons. The van der Waals surface area contributed by atoms with Gasteiger partial charge < -0.3 is 25.4 Å². The Morgan fingerprint density at radius 3 is 3.07 bits per heavy atom. The van der Waals surface area contributed by atoms with E-state index in [4.69, 9.17) is 15.2 Å². The van der Waals surface area contributed by atoms with Crippen molar-refractivity contribution < 1.29 is 9.47 Å². The third-order valence-corrected chi connectivity index (χ3v) is 7.89. The molecule has 146 valence electrons. The predicted octanol–water partition coefficient (Wildman–Crippen LogP) is 0.690. The fraction of sp³-hybridized carbons (Fsp3) is 0.800. The fourth-order valence-electron chi connectivity index (χ4n) is 6.51. The van der Waals surface area contributed by atoms with Gasteiger partial charge in [-0.1, -0.05) is 0 Å². The minimum Gasteiger partial charge on any atom is -0.370 e. The summed E-state index contributed by atoms with van der Waals surface area (Å²) in [7, 11) is 0. The van der Waals surface area contributed by atoms with Gasteiger partial charge in [-0.15, -0.1) is 0 Å². The van der Waals surface area contributed by atoms with E-state index in [1.165, 1.54) is 18.4 Å². The maximum atomic E-state index is 6.46. The van der Waals surface area contributed by atoms with E-state index in [0.29, 0.717) is 23.9 Å². The average molecular weight is 371 g/mol. The zero-order valence-electron chi connectivity index (χ0n) is 15.8. The van der Waals surface area contributed by atoms with Crippen LogP contribution in [0.5, 0.6) is 0 Å². The molecule has 4 saturated heterocycles. The average Bonchev–Trinajstić information content (AvgIpc) is 3.36. The van der Waals surface area contributed by atoms with E-state index in [1.807, 2.05) is 6.20 Å². The van der Waals surface area contributed by atoms with Crippen LogP contribution < -0.4 is 11.1 Å². The highest BCUT2D eigenvalue weighted by Gasteiger charge is 2.61. The zero-order chi connectivity index (χ0) is 18.1. The normalized spacial score (nSPS) is 39.6. The summed E-state index contributed by atoms with van der Waals surface area (Å²) in [6, 6.07) is 0. The van der Waals surface area contributed by atoms with Gasteiger partial charge in [-0.3, -0.25) is 0 Å². The molecule has 7 nitrogen and oxygen atoms in total. The van der Waals surface area contributed by atoms with Crippen molar-refractivity contribution in [2.45, 2.75) is 49.4 Å². The number of nitrogen functional groups attached to an aromatic ring is 1. The van der Waals surface area contributed by atoms with Crippen LogP contribution in [0.4, 0.5) is 5.95 Å². The quantitative estimate of drug-likeness (QED) is 0.791. The maximum absolute atomic E-state index is 6.46. The van der Waals surface area contributed by atoms with Gasteiger partial charge in [-0.05, 0) is 37.7 Å². The van der Waals surface area contributed by atoms with Crippen molar-refractivity contribution in [1.82, 2.24) is 20.2 Å². The SMILES string of the molecule is Nc1ncc2c(n1)C1(CCN(C[C@@H]3[C@H]4CNC[C@]45CC[C@H]3O5)CC1)OCC2. The number of likely N-dealkylation sites (tertiary alicyclic amines) is 1. The van der Waals surface area contributed by atoms with Crippen LogP contribution in [0, 0.1) is 11.8 Å². The summed E-state index contributed by atoms with van der Waals surface area (Å²) in [5.41, 5.74) is 8.04. The molecule has 0 aliphatic carbocycles. The highest BCUT2D eigenvalue weighted by Crippen LogP contribution is 2.53. The third kappa shape index (κ3) is 2.41. The van der Waals surface area contributed by atoms with Crippen molar-refractivity contribution in [2.75, 3.05) is 45.1 Å². The van der Waals surface area contributed by atoms with E-state index in [-0.39, 0.29) is 11.2 Å². The predicted molar refractivity (Wildman–Crippen MR) is 100 cm³/mol. The second kappa shape index (κ2) is 5.86. The second-order valence-electron chi connectivity index (χ2n) is 9.16. The first-order valence-corrected chi connectivity index (χ1v) is 10.5. The Morgan fingerprint density at radius 1 is 1.30 bits per heavy atom. The Kier molecular flexibility index (Phi) is 3.61. The number of rotatable bonds is 2. The summed E-state index contributed by atoms with van der Waals surface area (Å²) < 4.78 is 12.8. The number of nitrogens with one attached hydrogen (secondary N) is 1. The molecule has 0 aromatic carbocycles. The second-order valence-corrected chi connectivity index (χ2v) is 9.16. The van der Waals surface area contributed by atoms with E-state index in [9.17, 15) is 0 Å². The molecule has 2 bridgehead atoms. The van der Waals surface area contributed by atoms with Crippen molar-refractivity contribution >= 4 is 5.95 Å². The number of nitrogens with zero attached hydrogens (tertiary/aromatic N) is 3. The first-order valence-electron chi connectivity index (χ1n) is 10.5. The fourth-order valence-corrected chi connectivity index (χ4v) is 6.51. The number of piperidine rings is 1. The number of fused-ring (bicyclic) bond motifs is 3. The van der Waals surface area contributed by atoms with Crippen LogP contribution in [0.3, 0.4) is 0 Å². The van der Waals surface area contributed by atoms with E-state index in [0.717, 1.165) is 64.3 Å². The van der Waals surface area contributed by atoms with Gasteiger partial charge in [0.1, 0.15) is 5.60 Å². The molecule has 1 aromatic rings. The van der Waals surface area contributed by atoms with Gasteiger partial charge in [0.25, 0.3) is 0 Å². The van der Waals surface area contributed by atoms with Crippen LogP contribution in [-0.4, -0.2) is 65.9 Å². The number of nitrogens with two attached hydrogens (primary N) is 1. The summed E-state index contributed by atoms with van der Waals surface area (Å²) in [6.45, 7) is 6.22. The van der Waals surface area contributed by atoms with E-state index in [2.05, 4.69) is 20.2 Å². The lowest BCUT2D eigenvalue weighted by Gasteiger charge is -2.45. The molecule has 7 heteroatoms. The van der Waals surface area contributed by atoms with Gasteiger partial charge in [-0.2, -0.15) is 0 Å². The summed E-state index contributed by atoms with van der Waals surface area (Å²) >= 11 is 0. The molecule has 3 N–H and O–H groups in total. The van der Waals surface area contributed by atoms with Gasteiger partial charge in [0.15, 0.2) is 0 Å². The molecule has 6 heterocycles. The molecule has 27 heavy (non-hydrogen) atoms. The lowest BCUT2D eigenvalue weighted by Crippen LogP contribution is -2.50. The van der Waals surface area contributed by atoms with Crippen LogP contribution in [0.1, 0.15) is 36.9 Å². The number of anilines is 1. The maximum Gasteiger partial charge on any atom is 0.220 e. The van der Waals surface area contributed by atoms with Crippen LogP contribution in [-0.2, 0) is 21.5 Å². The minimum absolute atomic E-state index is 0.159. The van der Waals surface area contributed by atoms with Crippen molar-refractivity contribution in [1.29, 1.82) is 0 Å². The van der Waals surface area contributed by atoms with Crippen molar-refractivity contribution in [2.24, 2.45) is 11.8 Å². The molecule has 2 spiro atoms.